The Balaban J connectivity index is 2.08. The van der Waals surface area contributed by atoms with Crippen molar-refractivity contribution in [2.45, 2.75) is 32.7 Å². The molecule has 0 spiro atoms. The SMILES string of the molecule is CC(C)CSC1=C(C2CC2)C=CC(C(=O)O)N1. The molecule has 0 amide bonds. The third-order valence-corrected chi connectivity index (χ3v) is 4.34. The summed E-state index contributed by atoms with van der Waals surface area (Å²) in [6.45, 7) is 4.36. The van der Waals surface area contributed by atoms with Crippen LogP contribution in [0.3, 0.4) is 0 Å². The van der Waals surface area contributed by atoms with Crippen LogP contribution in [0.2, 0.25) is 0 Å². The number of thioether (sulfide) groups is 1. The molecular weight excluding hydrogens is 234 g/mol. The van der Waals surface area contributed by atoms with E-state index < -0.39 is 12.0 Å². The second kappa shape index (κ2) is 5.17. The van der Waals surface area contributed by atoms with Crippen LogP contribution in [0, 0.1) is 11.8 Å². The summed E-state index contributed by atoms with van der Waals surface area (Å²) >= 11 is 1.76. The maximum Gasteiger partial charge on any atom is 0.330 e. The Labute approximate surface area is 106 Å². The van der Waals surface area contributed by atoms with Crippen molar-refractivity contribution >= 4 is 17.7 Å². The molecular formula is C13H19NO2S. The fourth-order valence-corrected chi connectivity index (χ4v) is 2.89. The number of hydrogen-bond donors (Lipinski definition) is 2. The molecule has 1 aliphatic heterocycles. The zero-order valence-corrected chi connectivity index (χ0v) is 11.1. The van der Waals surface area contributed by atoms with Gasteiger partial charge in [-0.05, 0) is 30.3 Å². The minimum atomic E-state index is -0.807. The largest absolute Gasteiger partial charge is 0.479 e. The lowest BCUT2D eigenvalue weighted by atomic mass is 10.1. The number of nitrogens with one attached hydrogen (secondary N) is 1. The van der Waals surface area contributed by atoms with E-state index in [9.17, 15) is 4.79 Å². The number of carbonyl (C=O) groups is 1. The second-order valence-electron chi connectivity index (χ2n) is 5.08. The third-order valence-electron chi connectivity index (χ3n) is 2.86. The fourth-order valence-electron chi connectivity index (χ4n) is 1.78. The third kappa shape index (κ3) is 3.28. The summed E-state index contributed by atoms with van der Waals surface area (Å²) in [5.41, 5.74) is 1.31. The number of rotatable bonds is 5. The van der Waals surface area contributed by atoms with Gasteiger partial charge in [0.05, 0.1) is 5.03 Å². The zero-order chi connectivity index (χ0) is 12.4. The van der Waals surface area contributed by atoms with Crippen LogP contribution in [-0.2, 0) is 4.79 Å². The smallest absolute Gasteiger partial charge is 0.330 e. The molecule has 0 radical (unpaired) electrons. The van der Waals surface area contributed by atoms with Crippen LogP contribution in [0.1, 0.15) is 26.7 Å². The molecule has 4 heteroatoms. The molecule has 0 aromatic carbocycles. The van der Waals surface area contributed by atoms with E-state index in [-0.39, 0.29) is 0 Å². The zero-order valence-electron chi connectivity index (χ0n) is 10.3. The second-order valence-corrected chi connectivity index (χ2v) is 6.11. The van der Waals surface area contributed by atoms with Crippen molar-refractivity contribution in [3.05, 3.63) is 22.8 Å². The van der Waals surface area contributed by atoms with E-state index in [0.717, 1.165) is 10.8 Å². The Morgan fingerprint density at radius 3 is 2.82 bits per heavy atom. The van der Waals surface area contributed by atoms with Crippen molar-refractivity contribution < 1.29 is 9.90 Å². The molecule has 0 aromatic rings. The summed E-state index contributed by atoms with van der Waals surface area (Å²) in [6.07, 6.45) is 6.25. The van der Waals surface area contributed by atoms with Gasteiger partial charge in [-0.3, -0.25) is 0 Å². The summed E-state index contributed by atoms with van der Waals surface area (Å²) < 4.78 is 0. The van der Waals surface area contributed by atoms with Gasteiger partial charge in [0.25, 0.3) is 0 Å². The van der Waals surface area contributed by atoms with Crippen LogP contribution in [0.15, 0.2) is 22.8 Å². The predicted octanol–water partition coefficient (Wildman–Crippen LogP) is 2.61. The van der Waals surface area contributed by atoms with Crippen molar-refractivity contribution in [1.82, 2.24) is 5.32 Å². The predicted molar refractivity (Wildman–Crippen MR) is 70.7 cm³/mol. The Hall–Kier alpha value is -0.900. The van der Waals surface area contributed by atoms with Crippen molar-refractivity contribution in [3.63, 3.8) is 0 Å². The molecule has 94 valence electrons. The summed E-state index contributed by atoms with van der Waals surface area (Å²) in [7, 11) is 0. The molecule has 0 bridgehead atoms. The van der Waals surface area contributed by atoms with E-state index in [1.165, 1.54) is 18.4 Å². The lowest BCUT2D eigenvalue weighted by molar-refractivity contribution is -0.137. The first kappa shape index (κ1) is 12.6. The molecule has 2 aliphatic rings. The first-order valence-corrected chi connectivity index (χ1v) is 7.11. The number of dihydropyridines is 1. The highest BCUT2D eigenvalue weighted by molar-refractivity contribution is 8.03. The number of aliphatic carboxylic acids is 1. The Morgan fingerprint density at radius 2 is 2.29 bits per heavy atom. The van der Waals surface area contributed by atoms with E-state index in [2.05, 4.69) is 19.2 Å². The molecule has 1 heterocycles. The van der Waals surface area contributed by atoms with Crippen molar-refractivity contribution in [1.29, 1.82) is 0 Å². The molecule has 1 fully saturated rings. The normalized spacial score (nSPS) is 24.1. The molecule has 0 saturated heterocycles. The Morgan fingerprint density at radius 1 is 1.59 bits per heavy atom. The van der Waals surface area contributed by atoms with Crippen LogP contribution >= 0.6 is 11.8 Å². The number of hydrogen-bond acceptors (Lipinski definition) is 3. The average Bonchev–Trinajstić information content (AvgIpc) is 3.09. The van der Waals surface area contributed by atoms with Gasteiger partial charge in [-0.1, -0.05) is 26.0 Å². The standard InChI is InChI=1S/C13H19NO2S/c1-8(2)7-17-12-10(9-3-4-9)5-6-11(14-12)13(15)16/h5-6,8-9,11,14H,3-4,7H2,1-2H3,(H,15,16). The minimum absolute atomic E-state index is 0.563. The fraction of sp³-hybridized carbons (Fsp3) is 0.615. The van der Waals surface area contributed by atoms with Crippen LogP contribution in [0.25, 0.3) is 0 Å². The van der Waals surface area contributed by atoms with Crippen LogP contribution in [-0.4, -0.2) is 22.9 Å². The lowest BCUT2D eigenvalue weighted by Gasteiger charge is -2.22. The number of carboxylic acid groups (broad SMARTS) is 1. The van der Waals surface area contributed by atoms with Crippen LogP contribution < -0.4 is 5.32 Å². The molecule has 2 rings (SSSR count). The number of carboxylic acids is 1. The first-order valence-electron chi connectivity index (χ1n) is 6.12. The maximum atomic E-state index is 11.0. The topological polar surface area (TPSA) is 49.3 Å². The molecule has 1 atom stereocenters. The van der Waals surface area contributed by atoms with Crippen molar-refractivity contribution in [2.75, 3.05) is 5.75 Å². The Bertz CT molecular complexity index is 370. The van der Waals surface area contributed by atoms with Gasteiger partial charge in [0.15, 0.2) is 0 Å². The highest BCUT2D eigenvalue weighted by Gasteiger charge is 2.31. The quantitative estimate of drug-likeness (QED) is 0.790. The van der Waals surface area contributed by atoms with E-state index in [1.807, 2.05) is 6.08 Å². The van der Waals surface area contributed by atoms with Gasteiger partial charge >= 0.3 is 5.97 Å². The molecule has 2 N–H and O–H groups in total. The lowest BCUT2D eigenvalue weighted by Crippen LogP contribution is -2.36. The van der Waals surface area contributed by atoms with E-state index >= 15 is 0 Å². The molecule has 1 unspecified atom stereocenters. The van der Waals surface area contributed by atoms with Gasteiger partial charge in [0.2, 0.25) is 0 Å². The van der Waals surface area contributed by atoms with Gasteiger partial charge in [-0.15, -0.1) is 11.8 Å². The van der Waals surface area contributed by atoms with Gasteiger partial charge in [-0.2, -0.15) is 0 Å². The molecule has 1 saturated carbocycles. The van der Waals surface area contributed by atoms with E-state index in [1.54, 1.807) is 17.8 Å². The highest BCUT2D eigenvalue weighted by atomic mass is 32.2. The van der Waals surface area contributed by atoms with Gasteiger partial charge in [0, 0.05) is 5.75 Å². The maximum absolute atomic E-state index is 11.0. The summed E-state index contributed by atoms with van der Waals surface area (Å²) in [6, 6.07) is -0.563. The van der Waals surface area contributed by atoms with Crippen molar-refractivity contribution in [3.8, 4) is 0 Å². The van der Waals surface area contributed by atoms with Gasteiger partial charge in [-0.25, -0.2) is 4.79 Å². The monoisotopic (exact) mass is 253 g/mol. The van der Waals surface area contributed by atoms with Crippen molar-refractivity contribution in [2.24, 2.45) is 11.8 Å². The van der Waals surface area contributed by atoms with Crippen LogP contribution in [0.4, 0.5) is 0 Å². The average molecular weight is 253 g/mol. The summed E-state index contributed by atoms with van der Waals surface area (Å²) in [5, 5.41) is 13.2. The molecule has 1 aliphatic carbocycles. The van der Waals surface area contributed by atoms with Gasteiger partial charge < -0.3 is 10.4 Å². The minimum Gasteiger partial charge on any atom is -0.479 e. The Kier molecular flexibility index (Phi) is 3.82. The van der Waals surface area contributed by atoms with Gasteiger partial charge in [0.1, 0.15) is 6.04 Å². The molecule has 0 aromatic heterocycles. The first-order chi connectivity index (χ1) is 8.08. The highest BCUT2D eigenvalue weighted by Crippen LogP contribution is 2.41. The number of allylic oxidation sites excluding steroid dienone is 2. The summed E-state index contributed by atoms with van der Waals surface area (Å²) in [5.74, 6) is 1.49. The van der Waals surface area contributed by atoms with Crippen LogP contribution in [0.5, 0.6) is 0 Å². The summed E-state index contributed by atoms with van der Waals surface area (Å²) in [4.78, 5) is 11.0. The molecule has 3 nitrogen and oxygen atoms in total. The van der Waals surface area contributed by atoms with E-state index in [4.69, 9.17) is 5.11 Å². The molecule has 17 heavy (non-hydrogen) atoms. The van der Waals surface area contributed by atoms with E-state index in [0.29, 0.717) is 11.8 Å².